The number of carbonyl (C=O) groups is 1. The van der Waals surface area contributed by atoms with E-state index in [2.05, 4.69) is 15.0 Å². The topological polar surface area (TPSA) is 95.7 Å². The molecule has 158 valence electrons. The van der Waals surface area contributed by atoms with E-state index >= 15 is 0 Å². The maximum atomic E-state index is 12.5. The minimum Gasteiger partial charge on any atom is -0.497 e. The van der Waals surface area contributed by atoms with Crippen molar-refractivity contribution in [3.8, 4) is 23.1 Å². The summed E-state index contributed by atoms with van der Waals surface area (Å²) < 4.78 is 53.2. The Morgan fingerprint density at radius 3 is 2.43 bits per heavy atom. The predicted octanol–water partition coefficient (Wildman–Crippen LogP) is 4.38. The number of rotatable bonds is 7. The zero-order valence-corrected chi connectivity index (χ0v) is 15.9. The van der Waals surface area contributed by atoms with E-state index in [-0.39, 0.29) is 23.2 Å². The van der Waals surface area contributed by atoms with Crippen molar-refractivity contribution in [1.29, 1.82) is 0 Å². The number of halogens is 4. The Bertz CT molecular complexity index is 1050. The fraction of sp³-hybridized carbons (Fsp3) is 0.167. The number of alkyl halides is 3. The normalized spacial score (nSPS) is 11.2. The number of hydrogen-bond donors (Lipinski definition) is 1. The molecule has 0 bridgehead atoms. The van der Waals surface area contributed by atoms with E-state index < -0.39 is 23.8 Å². The summed E-state index contributed by atoms with van der Waals surface area (Å²) in [5.74, 6) is -1.93. The van der Waals surface area contributed by atoms with Crippen molar-refractivity contribution in [2.75, 3.05) is 7.11 Å². The Balaban J connectivity index is 1.92. The van der Waals surface area contributed by atoms with Gasteiger partial charge in [0.05, 0.1) is 18.7 Å². The van der Waals surface area contributed by atoms with Gasteiger partial charge in [-0.2, -0.15) is 0 Å². The van der Waals surface area contributed by atoms with Gasteiger partial charge in [0, 0.05) is 6.07 Å². The van der Waals surface area contributed by atoms with Gasteiger partial charge in [0.25, 0.3) is 5.88 Å². The van der Waals surface area contributed by atoms with Crippen LogP contribution in [0.1, 0.15) is 16.1 Å². The summed E-state index contributed by atoms with van der Waals surface area (Å²) in [5, 5.41) is 16.4. The molecule has 0 atom stereocenters. The van der Waals surface area contributed by atoms with E-state index in [1.54, 1.807) is 24.3 Å². The van der Waals surface area contributed by atoms with E-state index in [1.807, 2.05) is 0 Å². The van der Waals surface area contributed by atoms with Crippen LogP contribution in [0.25, 0.3) is 0 Å². The number of carboxylic acid groups (broad SMARTS) is 1. The van der Waals surface area contributed by atoms with Gasteiger partial charge in [0.15, 0.2) is 5.75 Å². The molecule has 12 heteroatoms. The molecule has 30 heavy (non-hydrogen) atoms. The van der Waals surface area contributed by atoms with Gasteiger partial charge in [0.1, 0.15) is 11.5 Å². The molecule has 0 aliphatic rings. The molecule has 0 fully saturated rings. The lowest BCUT2D eigenvalue weighted by molar-refractivity contribution is -0.274. The third-order valence-electron chi connectivity index (χ3n) is 3.73. The monoisotopic (exact) mass is 443 g/mol. The first-order chi connectivity index (χ1) is 14.2. The minimum absolute atomic E-state index is 0.0824. The van der Waals surface area contributed by atoms with Crippen LogP contribution >= 0.6 is 11.6 Å². The smallest absolute Gasteiger partial charge is 0.497 e. The summed E-state index contributed by atoms with van der Waals surface area (Å²) in [6.07, 6.45) is -4.97. The van der Waals surface area contributed by atoms with Gasteiger partial charge in [-0.3, -0.25) is 0 Å². The first-order valence-corrected chi connectivity index (χ1v) is 8.57. The molecule has 0 spiro atoms. The van der Waals surface area contributed by atoms with Gasteiger partial charge >= 0.3 is 12.3 Å². The third kappa shape index (κ3) is 5.11. The second-order valence-corrected chi connectivity index (χ2v) is 6.20. The molecule has 3 rings (SSSR count). The van der Waals surface area contributed by atoms with E-state index in [9.17, 15) is 23.1 Å². The quantitative estimate of drug-likeness (QED) is 0.579. The van der Waals surface area contributed by atoms with Crippen molar-refractivity contribution in [2.45, 2.75) is 12.9 Å². The predicted molar refractivity (Wildman–Crippen MR) is 97.3 cm³/mol. The molecule has 0 aliphatic carbocycles. The summed E-state index contributed by atoms with van der Waals surface area (Å²) in [4.78, 5) is 11.5. The minimum atomic E-state index is -4.97. The molecule has 0 saturated carbocycles. The molecule has 1 N–H and O–H groups in total. The standard InChI is InChI=1S/C18H13ClF3N3O5/c1-28-11-4-2-10(3-5-11)9-25-16(15(17(26)27)23-24-25)29-12-6-7-13(19)14(8-12)30-18(20,21)22/h2-8H,9H2,1H3,(H,26,27). The molecule has 0 saturated heterocycles. The first kappa shape index (κ1) is 21.2. The maximum absolute atomic E-state index is 12.5. The van der Waals surface area contributed by atoms with Crippen LogP contribution in [0, 0.1) is 0 Å². The Morgan fingerprint density at radius 2 is 1.83 bits per heavy atom. The number of aromatic carboxylic acids is 1. The van der Waals surface area contributed by atoms with Gasteiger partial charge in [-0.1, -0.05) is 28.9 Å². The van der Waals surface area contributed by atoms with Gasteiger partial charge in [-0.05, 0) is 29.8 Å². The molecule has 1 heterocycles. The summed E-state index contributed by atoms with van der Waals surface area (Å²) in [7, 11) is 1.51. The van der Waals surface area contributed by atoms with Gasteiger partial charge < -0.3 is 19.3 Å². The maximum Gasteiger partial charge on any atom is 0.573 e. The van der Waals surface area contributed by atoms with Crippen LogP contribution in [0.4, 0.5) is 13.2 Å². The third-order valence-corrected chi connectivity index (χ3v) is 4.04. The largest absolute Gasteiger partial charge is 0.573 e. The second kappa shape index (κ2) is 8.49. The zero-order chi connectivity index (χ0) is 21.9. The van der Waals surface area contributed by atoms with Crippen molar-refractivity contribution in [3.63, 3.8) is 0 Å². The molecular formula is C18H13ClF3N3O5. The lowest BCUT2D eigenvalue weighted by Crippen LogP contribution is -2.17. The second-order valence-electron chi connectivity index (χ2n) is 5.80. The van der Waals surface area contributed by atoms with E-state index in [1.165, 1.54) is 13.2 Å². The van der Waals surface area contributed by atoms with Gasteiger partial charge in [0.2, 0.25) is 5.69 Å². The average molecular weight is 444 g/mol. The van der Waals surface area contributed by atoms with Crippen LogP contribution in [0.5, 0.6) is 23.1 Å². The molecule has 0 aliphatic heterocycles. The van der Waals surface area contributed by atoms with E-state index in [0.29, 0.717) is 5.75 Å². The summed E-state index contributed by atoms with van der Waals surface area (Å²) >= 11 is 5.71. The number of aromatic nitrogens is 3. The molecule has 1 aromatic heterocycles. The highest BCUT2D eigenvalue weighted by Crippen LogP contribution is 2.35. The van der Waals surface area contributed by atoms with E-state index in [4.69, 9.17) is 21.1 Å². The van der Waals surface area contributed by atoms with Crippen LogP contribution < -0.4 is 14.2 Å². The summed E-state index contributed by atoms with van der Waals surface area (Å²) in [5.41, 5.74) is 0.205. The highest BCUT2D eigenvalue weighted by molar-refractivity contribution is 6.32. The lowest BCUT2D eigenvalue weighted by Gasteiger charge is -2.13. The van der Waals surface area contributed by atoms with Crippen molar-refractivity contribution < 1.29 is 37.3 Å². The highest BCUT2D eigenvalue weighted by Gasteiger charge is 2.32. The summed E-state index contributed by atoms with van der Waals surface area (Å²) in [6.45, 7) is 0.0824. The average Bonchev–Trinajstić information content (AvgIpc) is 3.06. The zero-order valence-electron chi connectivity index (χ0n) is 15.2. The molecular weight excluding hydrogens is 431 g/mol. The molecule has 0 radical (unpaired) electrons. The fourth-order valence-corrected chi connectivity index (χ4v) is 2.56. The number of benzene rings is 2. The molecule has 8 nitrogen and oxygen atoms in total. The van der Waals surface area contributed by atoms with Gasteiger partial charge in [-0.15, -0.1) is 18.3 Å². The van der Waals surface area contributed by atoms with Crippen LogP contribution in [0.15, 0.2) is 42.5 Å². The van der Waals surface area contributed by atoms with Crippen LogP contribution in [-0.2, 0) is 6.54 Å². The Morgan fingerprint density at radius 1 is 1.17 bits per heavy atom. The van der Waals surface area contributed by atoms with Crippen LogP contribution in [-0.4, -0.2) is 39.5 Å². The lowest BCUT2D eigenvalue weighted by atomic mass is 10.2. The molecule has 2 aromatic carbocycles. The highest BCUT2D eigenvalue weighted by atomic mass is 35.5. The Hall–Kier alpha value is -3.47. The molecule has 0 amide bonds. The number of nitrogens with zero attached hydrogens (tertiary/aromatic N) is 3. The fourth-order valence-electron chi connectivity index (χ4n) is 2.41. The first-order valence-electron chi connectivity index (χ1n) is 8.19. The molecule has 0 unspecified atom stereocenters. The van der Waals surface area contributed by atoms with E-state index in [0.717, 1.165) is 22.4 Å². The van der Waals surface area contributed by atoms with Crippen LogP contribution in [0.3, 0.4) is 0 Å². The Kier molecular flexibility index (Phi) is 6.01. The SMILES string of the molecule is COc1ccc(Cn2nnc(C(=O)O)c2Oc2ccc(Cl)c(OC(F)(F)F)c2)cc1. The van der Waals surface area contributed by atoms with Crippen molar-refractivity contribution in [2.24, 2.45) is 0 Å². The Labute approximate surface area is 172 Å². The van der Waals surface area contributed by atoms with Crippen molar-refractivity contribution in [3.05, 3.63) is 58.7 Å². The molecule has 3 aromatic rings. The number of hydrogen-bond acceptors (Lipinski definition) is 6. The summed E-state index contributed by atoms with van der Waals surface area (Å²) in [6, 6.07) is 10.1. The van der Waals surface area contributed by atoms with Crippen molar-refractivity contribution >= 4 is 17.6 Å². The van der Waals surface area contributed by atoms with Gasteiger partial charge in [-0.25, -0.2) is 9.48 Å². The number of methoxy groups -OCH3 is 1. The van der Waals surface area contributed by atoms with Crippen molar-refractivity contribution in [1.82, 2.24) is 15.0 Å². The number of carboxylic acids is 1. The van der Waals surface area contributed by atoms with Crippen LogP contribution in [0.2, 0.25) is 5.02 Å². The number of ether oxygens (including phenoxy) is 3.